The van der Waals surface area contributed by atoms with E-state index in [1.807, 2.05) is 4.90 Å². The summed E-state index contributed by atoms with van der Waals surface area (Å²) in [4.78, 5) is 12.8. The predicted molar refractivity (Wildman–Crippen MR) is 69.8 cm³/mol. The number of aliphatic carboxylic acids is 1. The van der Waals surface area contributed by atoms with Gasteiger partial charge in [0.2, 0.25) is 0 Å². The van der Waals surface area contributed by atoms with E-state index in [1.54, 1.807) is 0 Å². The van der Waals surface area contributed by atoms with Crippen molar-refractivity contribution in [3.63, 3.8) is 0 Å². The molecule has 5 heteroatoms. The second kappa shape index (κ2) is 6.38. The minimum absolute atomic E-state index is 0.00144. The molecule has 1 unspecified atom stereocenters. The molecular formula is C14H21NO4. The third kappa shape index (κ3) is 3.69. The van der Waals surface area contributed by atoms with E-state index in [0.717, 1.165) is 38.9 Å². The van der Waals surface area contributed by atoms with Gasteiger partial charge in [0, 0.05) is 25.9 Å². The lowest BCUT2D eigenvalue weighted by atomic mass is 9.83. The van der Waals surface area contributed by atoms with Crippen molar-refractivity contribution in [2.75, 3.05) is 32.9 Å². The number of terminal acetylenes is 1. The van der Waals surface area contributed by atoms with Crippen molar-refractivity contribution in [2.24, 2.45) is 0 Å². The van der Waals surface area contributed by atoms with Crippen molar-refractivity contribution >= 4 is 5.97 Å². The van der Waals surface area contributed by atoms with Crippen molar-refractivity contribution in [1.82, 2.24) is 4.90 Å². The Morgan fingerprint density at radius 3 is 2.79 bits per heavy atom. The Bertz CT molecular complexity index is 351. The van der Waals surface area contributed by atoms with Gasteiger partial charge in [0.15, 0.2) is 0 Å². The van der Waals surface area contributed by atoms with E-state index in [0.29, 0.717) is 13.2 Å². The van der Waals surface area contributed by atoms with Crippen molar-refractivity contribution in [2.45, 2.75) is 37.3 Å². The molecule has 0 aliphatic carbocycles. The van der Waals surface area contributed by atoms with Gasteiger partial charge in [-0.15, -0.1) is 6.42 Å². The summed E-state index contributed by atoms with van der Waals surface area (Å²) in [7, 11) is 0. The number of carboxylic acid groups (broad SMARTS) is 1. The number of carboxylic acids is 1. The van der Waals surface area contributed by atoms with Gasteiger partial charge in [-0.2, -0.15) is 0 Å². The lowest BCUT2D eigenvalue weighted by Crippen LogP contribution is -2.52. The summed E-state index contributed by atoms with van der Waals surface area (Å²) in [6.45, 7) is 2.50. The molecule has 5 nitrogen and oxygen atoms in total. The molecule has 2 saturated heterocycles. The zero-order chi connectivity index (χ0) is 13.7. The van der Waals surface area contributed by atoms with Crippen LogP contribution in [0.1, 0.15) is 25.7 Å². The topological polar surface area (TPSA) is 59.0 Å². The lowest BCUT2D eigenvalue weighted by Gasteiger charge is -2.45. The summed E-state index contributed by atoms with van der Waals surface area (Å²) in [5.41, 5.74) is -0.132. The van der Waals surface area contributed by atoms with E-state index >= 15 is 0 Å². The zero-order valence-electron chi connectivity index (χ0n) is 11.1. The first-order valence-electron chi connectivity index (χ1n) is 6.76. The van der Waals surface area contributed by atoms with Crippen molar-refractivity contribution in [3.05, 3.63) is 0 Å². The molecular weight excluding hydrogens is 246 g/mol. The zero-order valence-corrected chi connectivity index (χ0v) is 11.1. The molecule has 0 saturated carbocycles. The monoisotopic (exact) mass is 267 g/mol. The molecule has 106 valence electrons. The summed E-state index contributed by atoms with van der Waals surface area (Å²) in [6, 6.07) is 0.194. The fraction of sp³-hybridized carbons (Fsp3) is 0.786. The molecule has 1 atom stereocenters. The molecule has 2 rings (SSSR count). The normalized spacial score (nSPS) is 26.2. The third-order valence-corrected chi connectivity index (χ3v) is 4.02. The summed E-state index contributed by atoms with van der Waals surface area (Å²) in [6.07, 6.45) is 8.82. The standard InChI is InChI=1S/C14H21NO4/c1-2-6-15(11-13(16)17)12-3-7-19-14(10-12)4-8-18-9-5-14/h1,12H,3-11H2,(H,16,17). The molecule has 2 aliphatic heterocycles. The number of rotatable bonds is 4. The predicted octanol–water partition coefficient (Wildman–Crippen LogP) is 0.734. The van der Waals surface area contributed by atoms with Gasteiger partial charge in [0.25, 0.3) is 0 Å². The molecule has 2 aliphatic rings. The Kier molecular flexibility index (Phi) is 4.81. The maximum atomic E-state index is 10.9. The van der Waals surface area contributed by atoms with Gasteiger partial charge < -0.3 is 14.6 Å². The minimum atomic E-state index is -0.831. The Morgan fingerprint density at radius 1 is 1.42 bits per heavy atom. The van der Waals surface area contributed by atoms with Gasteiger partial charge in [-0.3, -0.25) is 9.69 Å². The van der Waals surface area contributed by atoms with Crippen LogP contribution in [-0.2, 0) is 14.3 Å². The third-order valence-electron chi connectivity index (χ3n) is 4.02. The Hall–Kier alpha value is -1.09. The Balaban J connectivity index is 2.01. The second-order valence-corrected chi connectivity index (χ2v) is 5.29. The fourth-order valence-corrected chi connectivity index (χ4v) is 3.01. The first kappa shape index (κ1) is 14.3. The molecule has 0 aromatic carbocycles. The van der Waals surface area contributed by atoms with Crippen LogP contribution in [0.4, 0.5) is 0 Å². The van der Waals surface area contributed by atoms with Crippen molar-refractivity contribution < 1.29 is 19.4 Å². The highest BCUT2D eigenvalue weighted by atomic mass is 16.5. The van der Waals surface area contributed by atoms with Gasteiger partial charge in [-0.1, -0.05) is 5.92 Å². The van der Waals surface area contributed by atoms with Gasteiger partial charge in [-0.05, 0) is 25.7 Å². The minimum Gasteiger partial charge on any atom is -0.480 e. The van der Waals surface area contributed by atoms with Crippen LogP contribution >= 0.6 is 0 Å². The summed E-state index contributed by atoms with van der Waals surface area (Å²) < 4.78 is 11.3. The first-order chi connectivity index (χ1) is 9.15. The van der Waals surface area contributed by atoms with E-state index in [-0.39, 0.29) is 18.2 Å². The van der Waals surface area contributed by atoms with E-state index in [4.69, 9.17) is 21.0 Å². The van der Waals surface area contributed by atoms with Crippen LogP contribution in [-0.4, -0.2) is 60.5 Å². The summed E-state index contributed by atoms with van der Waals surface area (Å²) in [5.74, 6) is 1.73. The molecule has 2 fully saturated rings. The highest BCUT2D eigenvalue weighted by molar-refractivity contribution is 5.69. The molecule has 0 aromatic heterocycles. The van der Waals surface area contributed by atoms with Gasteiger partial charge in [0.1, 0.15) is 0 Å². The average Bonchev–Trinajstić information content (AvgIpc) is 2.39. The van der Waals surface area contributed by atoms with E-state index < -0.39 is 5.97 Å². The van der Waals surface area contributed by atoms with Crippen LogP contribution in [0.15, 0.2) is 0 Å². The largest absolute Gasteiger partial charge is 0.480 e. The van der Waals surface area contributed by atoms with E-state index in [2.05, 4.69) is 5.92 Å². The quantitative estimate of drug-likeness (QED) is 0.761. The number of nitrogens with zero attached hydrogens (tertiary/aromatic N) is 1. The van der Waals surface area contributed by atoms with Crippen LogP contribution in [0.3, 0.4) is 0 Å². The van der Waals surface area contributed by atoms with Gasteiger partial charge in [-0.25, -0.2) is 0 Å². The molecule has 2 heterocycles. The highest BCUT2D eigenvalue weighted by Gasteiger charge is 2.40. The fourth-order valence-electron chi connectivity index (χ4n) is 3.01. The SMILES string of the molecule is C#CCN(CC(=O)O)C1CCOC2(CCOCC2)C1. The summed E-state index contributed by atoms with van der Waals surface area (Å²) >= 11 is 0. The number of hydrogen-bond acceptors (Lipinski definition) is 4. The lowest BCUT2D eigenvalue weighted by molar-refractivity contribution is -0.155. The average molecular weight is 267 g/mol. The number of hydrogen-bond donors (Lipinski definition) is 1. The van der Waals surface area contributed by atoms with Crippen LogP contribution in [0.5, 0.6) is 0 Å². The van der Waals surface area contributed by atoms with Crippen molar-refractivity contribution in [1.29, 1.82) is 0 Å². The van der Waals surface area contributed by atoms with Gasteiger partial charge >= 0.3 is 5.97 Å². The summed E-state index contributed by atoms with van der Waals surface area (Å²) in [5, 5.41) is 8.98. The Morgan fingerprint density at radius 2 is 2.16 bits per heavy atom. The van der Waals surface area contributed by atoms with E-state index in [1.165, 1.54) is 0 Å². The maximum Gasteiger partial charge on any atom is 0.317 e. The van der Waals surface area contributed by atoms with Crippen LogP contribution in [0.2, 0.25) is 0 Å². The van der Waals surface area contributed by atoms with Gasteiger partial charge in [0.05, 0.1) is 18.7 Å². The molecule has 19 heavy (non-hydrogen) atoms. The van der Waals surface area contributed by atoms with Crippen LogP contribution < -0.4 is 0 Å². The van der Waals surface area contributed by atoms with E-state index in [9.17, 15) is 4.79 Å². The van der Waals surface area contributed by atoms with Crippen LogP contribution in [0.25, 0.3) is 0 Å². The molecule has 1 spiro atoms. The highest BCUT2D eigenvalue weighted by Crippen LogP contribution is 2.35. The smallest absolute Gasteiger partial charge is 0.317 e. The molecule has 0 bridgehead atoms. The molecule has 0 aromatic rings. The first-order valence-corrected chi connectivity index (χ1v) is 6.76. The van der Waals surface area contributed by atoms with Crippen LogP contribution in [0, 0.1) is 12.3 Å². The molecule has 0 amide bonds. The molecule has 0 radical (unpaired) electrons. The van der Waals surface area contributed by atoms with Crippen molar-refractivity contribution in [3.8, 4) is 12.3 Å². The number of ether oxygens (including phenoxy) is 2. The molecule has 1 N–H and O–H groups in total. The second-order valence-electron chi connectivity index (χ2n) is 5.29. The number of carbonyl (C=O) groups is 1. The Labute approximate surface area is 113 Å². The maximum absolute atomic E-state index is 10.9.